The minimum atomic E-state index is -3.95. The van der Waals surface area contributed by atoms with E-state index in [1.54, 1.807) is 0 Å². The lowest BCUT2D eigenvalue weighted by Crippen LogP contribution is -2.71. The number of aliphatic carboxylic acids is 2. The maximum atomic E-state index is 12.6. The number of ketones is 2. The van der Waals surface area contributed by atoms with Crippen LogP contribution in [0.4, 0.5) is 4.79 Å². The van der Waals surface area contributed by atoms with Crippen LogP contribution in [-0.2, 0) is 20.9 Å². The molecule has 4 atom stereocenters. The van der Waals surface area contributed by atoms with Crippen LogP contribution in [0, 0.1) is 5.92 Å². The number of nitrogens with one attached hydrogen (secondary N) is 1. The highest BCUT2D eigenvalue weighted by Crippen LogP contribution is 2.31. The van der Waals surface area contributed by atoms with Crippen molar-refractivity contribution in [3.05, 3.63) is 108 Å². The molecule has 0 aliphatic carbocycles. The summed E-state index contributed by atoms with van der Waals surface area (Å²) >= 11 is 0. The summed E-state index contributed by atoms with van der Waals surface area (Å²) in [7, 11) is 1.41. The number of carbonyl (C=O) groups excluding carboxylic acids is 3. The molecule has 45 heavy (non-hydrogen) atoms. The molecular weight excluding hydrogens is 584 g/mol. The molecule has 1 heterocycles. The second-order valence-corrected chi connectivity index (χ2v) is 10.7. The van der Waals surface area contributed by atoms with Crippen molar-refractivity contribution in [1.82, 2.24) is 10.2 Å². The first-order valence-corrected chi connectivity index (χ1v) is 14.1. The highest BCUT2D eigenvalue weighted by Gasteiger charge is 2.69. The van der Waals surface area contributed by atoms with Crippen molar-refractivity contribution in [3.63, 3.8) is 0 Å². The number of piperidine rings is 1. The zero-order valence-electron chi connectivity index (χ0n) is 24.8. The predicted octanol–water partition coefficient (Wildman–Crippen LogP) is 2.64. The molecule has 0 aromatic heterocycles. The van der Waals surface area contributed by atoms with Crippen LogP contribution in [0.2, 0.25) is 0 Å². The van der Waals surface area contributed by atoms with E-state index in [4.69, 9.17) is 0 Å². The molecule has 1 saturated heterocycles. The number of methoxy groups -OCH3 is 1. The van der Waals surface area contributed by atoms with Crippen molar-refractivity contribution < 1.29 is 49.1 Å². The molecular formula is C33H36N2O10. The number of rotatable bonds is 10. The van der Waals surface area contributed by atoms with E-state index < -0.39 is 45.8 Å². The van der Waals surface area contributed by atoms with Crippen LogP contribution in [0.25, 0.3) is 0 Å². The van der Waals surface area contributed by atoms with Crippen molar-refractivity contribution in [1.29, 1.82) is 0 Å². The second-order valence-electron chi connectivity index (χ2n) is 10.7. The molecule has 3 aromatic carbocycles. The molecule has 238 valence electrons. The first-order valence-electron chi connectivity index (χ1n) is 14.1. The van der Waals surface area contributed by atoms with Crippen molar-refractivity contribution in [2.45, 2.75) is 37.1 Å². The van der Waals surface area contributed by atoms with E-state index >= 15 is 0 Å². The van der Waals surface area contributed by atoms with E-state index in [1.165, 1.54) is 49.1 Å². The van der Waals surface area contributed by atoms with Gasteiger partial charge in [0.25, 0.3) is 11.2 Å². The molecule has 0 radical (unpaired) electrons. The quantitative estimate of drug-likeness (QED) is 0.165. The lowest BCUT2D eigenvalue weighted by molar-refractivity contribution is -0.187. The summed E-state index contributed by atoms with van der Waals surface area (Å²) in [5.74, 6) is -7.54. The van der Waals surface area contributed by atoms with Gasteiger partial charge in [-0.2, -0.15) is 0 Å². The van der Waals surface area contributed by atoms with E-state index in [0.717, 1.165) is 50.3 Å². The number of aliphatic hydroxyl groups is 2. The van der Waals surface area contributed by atoms with Gasteiger partial charge < -0.3 is 30.5 Å². The summed E-state index contributed by atoms with van der Waals surface area (Å²) in [5.41, 5.74) is -7.37. The van der Waals surface area contributed by atoms with Crippen LogP contribution in [-0.4, -0.2) is 92.4 Å². The SMILES string of the molecule is COC(=O)N[C@H]1CN(Cc2ccccc2)CC[C@H]1C.O=C(O)[C@@](O)(C(=O)c1ccccc1)[C@@](O)(C(=O)O)C(=O)c1ccccc1. The average molecular weight is 621 g/mol. The van der Waals surface area contributed by atoms with Gasteiger partial charge in [0.1, 0.15) is 0 Å². The Hall–Kier alpha value is -4.91. The summed E-state index contributed by atoms with van der Waals surface area (Å²) in [6.07, 6.45) is 0.764. The summed E-state index contributed by atoms with van der Waals surface area (Å²) in [6, 6.07) is 23.4. The Bertz CT molecular complexity index is 1410. The fraction of sp³-hybridized carbons (Fsp3) is 0.303. The van der Waals surface area contributed by atoms with Crippen molar-refractivity contribution in [2.75, 3.05) is 20.2 Å². The number of carboxylic acid groups (broad SMARTS) is 2. The fourth-order valence-corrected chi connectivity index (χ4v) is 4.95. The molecule has 12 heteroatoms. The number of alkyl carbamates (subject to hydrolysis) is 1. The van der Waals surface area contributed by atoms with Gasteiger partial charge in [-0.15, -0.1) is 0 Å². The Morgan fingerprint density at radius 1 is 0.778 bits per heavy atom. The smallest absolute Gasteiger partial charge is 0.407 e. The Balaban J connectivity index is 0.000000257. The third-order valence-electron chi connectivity index (χ3n) is 7.65. The standard InChI is InChI=1S/C18H14O8.C15H22N2O2/c19-13(11-7-3-1-4-8-11)17(25,15(21)22)18(26,16(23)24)14(20)12-9-5-2-6-10-12;1-12-8-9-17(10-13-6-4-3-5-7-13)11-14(12)16-15(18)19-2/h1-10,25-26H,(H,21,22)(H,23,24);3-7,12,14H,8-11H2,1-2H3,(H,16,18)/t17-,18-;12-,14+/m01/s1. The molecule has 4 rings (SSSR count). The van der Waals surface area contributed by atoms with Crippen molar-refractivity contribution >= 4 is 29.6 Å². The Morgan fingerprint density at radius 3 is 1.60 bits per heavy atom. The molecule has 1 fully saturated rings. The molecule has 0 bridgehead atoms. The normalized spacial score (nSPS) is 18.9. The Labute approximate surface area is 259 Å². The maximum Gasteiger partial charge on any atom is 0.407 e. The van der Waals surface area contributed by atoms with Gasteiger partial charge in [-0.05, 0) is 24.4 Å². The predicted molar refractivity (Wildman–Crippen MR) is 162 cm³/mol. The average Bonchev–Trinajstić information content (AvgIpc) is 3.06. The van der Waals surface area contributed by atoms with Gasteiger partial charge in [0.2, 0.25) is 11.6 Å². The number of ether oxygens (including phenoxy) is 1. The molecule has 3 aromatic rings. The van der Waals surface area contributed by atoms with Gasteiger partial charge in [0.05, 0.1) is 7.11 Å². The second kappa shape index (κ2) is 15.2. The van der Waals surface area contributed by atoms with Crippen LogP contribution < -0.4 is 5.32 Å². The number of carboxylic acids is 2. The number of carbonyl (C=O) groups is 5. The summed E-state index contributed by atoms with van der Waals surface area (Å²) in [4.78, 5) is 62.3. The molecule has 12 nitrogen and oxygen atoms in total. The van der Waals surface area contributed by atoms with E-state index in [9.17, 15) is 44.4 Å². The molecule has 1 aliphatic rings. The van der Waals surface area contributed by atoms with Crippen LogP contribution >= 0.6 is 0 Å². The first kappa shape index (κ1) is 34.6. The van der Waals surface area contributed by atoms with Gasteiger partial charge in [0, 0.05) is 30.3 Å². The number of amides is 1. The number of hydrogen-bond acceptors (Lipinski definition) is 9. The number of hydrogen-bond donors (Lipinski definition) is 5. The highest BCUT2D eigenvalue weighted by molar-refractivity contribution is 6.28. The monoisotopic (exact) mass is 620 g/mol. The van der Waals surface area contributed by atoms with Crippen LogP contribution in [0.5, 0.6) is 0 Å². The number of benzene rings is 3. The van der Waals surface area contributed by atoms with Gasteiger partial charge in [-0.3, -0.25) is 14.5 Å². The van der Waals surface area contributed by atoms with Gasteiger partial charge in [0.15, 0.2) is 0 Å². The third-order valence-corrected chi connectivity index (χ3v) is 7.65. The van der Waals surface area contributed by atoms with Gasteiger partial charge >= 0.3 is 18.0 Å². The topological polar surface area (TPSA) is 191 Å². The lowest BCUT2D eigenvalue weighted by Gasteiger charge is -2.37. The van der Waals surface area contributed by atoms with Gasteiger partial charge in [-0.1, -0.05) is 97.9 Å². The largest absolute Gasteiger partial charge is 0.479 e. The number of nitrogens with zero attached hydrogens (tertiary/aromatic N) is 1. The number of Topliss-reactive ketones (excluding diaryl/α,β-unsaturated/α-hetero) is 2. The van der Waals surface area contributed by atoms with Crippen molar-refractivity contribution in [2.24, 2.45) is 5.92 Å². The summed E-state index contributed by atoms with van der Waals surface area (Å²) < 4.78 is 4.69. The Kier molecular flexibility index (Phi) is 11.7. The lowest BCUT2D eigenvalue weighted by atomic mass is 9.73. The summed E-state index contributed by atoms with van der Waals surface area (Å²) in [6.45, 7) is 5.08. The minimum Gasteiger partial charge on any atom is -0.479 e. The fourth-order valence-electron chi connectivity index (χ4n) is 4.95. The Morgan fingerprint density at radius 2 is 1.20 bits per heavy atom. The van der Waals surface area contributed by atoms with Crippen LogP contribution in [0.3, 0.4) is 0 Å². The molecule has 1 aliphatic heterocycles. The zero-order chi connectivity index (χ0) is 33.2. The number of likely N-dealkylation sites (tertiary alicyclic amines) is 1. The third kappa shape index (κ3) is 7.79. The first-order chi connectivity index (χ1) is 21.4. The highest BCUT2D eigenvalue weighted by atomic mass is 16.5. The zero-order valence-corrected chi connectivity index (χ0v) is 24.8. The maximum absolute atomic E-state index is 12.6. The van der Waals surface area contributed by atoms with E-state index in [2.05, 4.69) is 46.1 Å². The van der Waals surface area contributed by atoms with Crippen molar-refractivity contribution in [3.8, 4) is 0 Å². The molecule has 5 N–H and O–H groups in total. The molecule has 0 spiro atoms. The van der Waals surface area contributed by atoms with E-state index in [0.29, 0.717) is 5.92 Å². The molecule has 1 amide bonds. The van der Waals surface area contributed by atoms with Crippen LogP contribution in [0.15, 0.2) is 91.0 Å². The van der Waals surface area contributed by atoms with Gasteiger partial charge in [-0.25, -0.2) is 14.4 Å². The minimum absolute atomic E-state index is 0.171. The van der Waals surface area contributed by atoms with Crippen LogP contribution in [0.1, 0.15) is 39.6 Å². The molecule has 0 unspecified atom stereocenters. The summed E-state index contributed by atoms with van der Waals surface area (Å²) in [5, 5.41) is 42.8. The van der Waals surface area contributed by atoms with E-state index in [1.807, 2.05) is 6.07 Å². The molecule has 0 saturated carbocycles. The van der Waals surface area contributed by atoms with E-state index in [-0.39, 0.29) is 12.1 Å².